The maximum atomic E-state index is 12.9. The number of rotatable bonds is 7. The zero-order valence-corrected chi connectivity index (χ0v) is 17.8. The van der Waals surface area contributed by atoms with E-state index in [1.165, 1.54) is 18.9 Å². The standard InChI is InChI=1S/C23H25F3N4O2/c1-28(13-14-29-10-4-5-11-29)22(31)19-15-30-12-6-8-18(21(30)27-19)17-7-2-3-9-20(17)32-16-23(24,25)26/h2-3,6-9,12,15H,4-5,10-11,13-14,16H2,1H3. The zero-order chi connectivity index (χ0) is 22.7. The fourth-order valence-corrected chi connectivity index (χ4v) is 3.90. The highest BCUT2D eigenvalue weighted by atomic mass is 19.4. The number of imidazole rings is 1. The van der Waals surface area contributed by atoms with Gasteiger partial charge in [-0.1, -0.05) is 18.2 Å². The van der Waals surface area contributed by atoms with Crippen molar-refractivity contribution in [2.75, 3.05) is 39.8 Å². The molecule has 32 heavy (non-hydrogen) atoms. The van der Waals surface area contributed by atoms with E-state index >= 15 is 0 Å². The van der Waals surface area contributed by atoms with Gasteiger partial charge in [-0.05, 0) is 44.1 Å². The Hall–Kier alpha value is -3.07. The van der Waals surface area contributed by atoms with Crippen LogP contribution in [0.5, 0.6) is 5.75 Å². The summed E-state index contributed by atoms with van der Waals surface area (Å²) in [5.41, 5.74) is 1.83. The molecule has 0 spiro atoms. The molecule has 1 aromatic carbocycles. The fourth-order valence-electron chi connectivity index (χ4n) is 3.90. The Morgan fingerprint density at radius 3 is 2.59 bits per heavy atom. The van der Waals surface area contributed by atoms with Crippen LogP contribution in [-0.2, 0) is 0 Å². The Kier molecular flexibility index (Phi) is 6.36. The van der Waals surface area contributed by atoms with Gasteiger partial charge >= 0.3 is 6.18 Å². The SMILES string of the molecule is CN(CCN1CCCC1)C(=O)c1cn2cccc(-c3ccccc3OCC(F)(F)F)c2n1. The molecule has 170 valence electrons. The van der Waals surface area contributed by atoms with Crippen LogP contribution in [0.4, 0.5) is 13.2 Å². The lowest BCUT2D eigenvalue weighted by atomic mass is 10.1. The molecule has 3 aromatic rings. The maximum absolute atomic E-state index is 12.9. The Bertz CT molecular complexity index is 1090. The van der Waals surface area contributed by atoms with Crippen LogP contribution in [0.3, 0.4) is 0 Å². The van der Waals surface area contributed by atoms with Gasteiger partial charge < -0.3 is 18.9 Å². The third-order valence-electron chi connectivity index (χ3n) is 5.57. The summed E-state index contributed by atoms with van der Waals surface area (Å²) in [5.74, 6) is -0.0861. The second-order valence-electron chi connectivity index (χ2n) is 7.95. The van der Waals surface area contributed by atoms with Crippen molar-refractivity contribution in [3.8, 4) is 16.9 Å². The minimum Gasteiger partial charge on any atom is -0.483 e. The number of nitrogens with zero attached hydrogens (tertiary/aromatic N) is 4. The van der Waals surface area contributed by atoms with Gasteiger partial charge in [-0.2, -0.15) is 13.2 Å². The number of halogens is 3. The Labute approximate surface area is 184 Å². The van der Waals surface area contributed by atoms with Crippen molar-refractivity contribution in [1.29, 1.82) is 0 Å². The zero-order valence-electron chi connectivity index (χ0n) is 17.8. The number of ether oxygens (including phenoxy) is 1. The van der Waals surface area contributed by atoms with E-state index in [1.54, 1.807) is 59.1 Å². The van der Waals surface area contributed by atoms with Gasteiger partial charge in [0, 0.05) is 43.7 Å². The molecule has 0 N–H and O–H groups in total. The molecule has 0 atom stereocenters. The van der Waals surface area contributed by atoms with Crippen LogP contribution in [0.15, 0.2) is 48.8 Å². The largest absolute Gasteiger partial charge is 0.483 e. The normalized spacial score (nSPS) is 14.8. The van der Waals surface area contributed by atoms with Gasteiger partial charge in [0.05, 0.1) is 0 Å². The molecule has 2 aromatic heterocycles. The summed E-state index contributed by atoms with van der Waals surface area (Å²) in [6.45, 7) is 2.18. The van der Waals surface area contributed by atoms with Gasteiger partial charge in [0.1, 0.15) is 17.1 Å². The van der Waals surface area contributed by atoms with E-state index in [1.807, 2.05) is 0 Å². The lowest BCUT2D eigenvalue weighted by Gasteiger charge is -2.20. The highest BCUT2D eigenvalue weighted by molar-refractivity contribution is 5.94. The van der Waals surface area contributed by atoms with Crippen LogP contribution < -0.4 is 4.74 Å². The van der Waals surface area contributed by atoms with E-state index in [-0.39, 0.29) is 17.4 Å². The first-order chi connectivity index (χ1) is 15.3. The Morgan fingerprint density at radius 2 is 1.84 bits per heavy atom. The highest BCUT2D eigenvalue weighted by Gasteiger charge is 2.29. The maximum Gasteiger partial charge on any atom is 0.422 e. The summed E-state index contributed by atoms with van der Waals surface area (Å²) >= 11 is 0. The number of hydrogen-bond acceptors (Lipinski definition) is 4. The third kappa shape index (κ3) is 5.04. The monoisotopic (exact) mass is 446 g/mol. The average Bonchev–Trinajstić information content (AvgIpc) is 3.44. The molecule has 3 heterocycles. The van der Waals surface area contributed by atoms with E-state index in [2.05, 4.69) is 9.88 Å². The number of carbonyl (C=O) groups is 1. The van der Waals surface area contributed by atoms with Crippen molar-refractivity contribution in [3.05, 3.63) is 54.5 Å². The van der Waals surface area contributed by atoms with Gasteiger partial charge in [-0.15, -0.1) is 0 Å². The molecule has 0 bridgehead atoms. The molecular weight excluding hydrogens is 421 g/mol. The van der Waals surface area contributed by atoms with E-state index < -0.39 is 12.8 Å². The molecular formula is C23H25F3N4O2. The average molecular weight is 446 g/mol. The molecule has 9 heteroatoms. The summed E-state index contributed by atoms with van der Waals surface area (Å²) in [4.78, 5) is 21.4. The van der Waals surface area contributed by atoms with Gasteiger partial charge in [0.25, 0.3) is 5.91 Å². The molecule has 1 amide bonds. The molecule has 0 unspecified atom stereocenters. The van der Waals surface area contributed by atoms with Gasteiger partial charge in [0.2, 0.25) is 0 Å². The van der Waals surface area contributed by atoms with E-state index in [9.17, 15) is 18.0 Å². The van der Waals surface area contributed by atoms with E-state index in [4.69, 9.17) is 4.74 Å². The van der Waals surface area contributed by atoms with Crippen LogP contribution in [0.25, 0.3) is 16.8 Å². The van der Waals surface area contributed by atoms with Crippen molar-refractivity contribution in [1.82, 2.24) is 19.2 Å². The second-order valence-corrected chi connectivity index (χ2v) is 7.95. The summed E-state index contributed by atoms with van der Waals surface area (Å²) < 4.78 is 44.8. The smallest absolute Gasteiger partial charge is 0.422 e. The van der Waals surface area contributed by atoms with Crippen molar-refractivity contribution in [2.24, 2.45) is 0 Å². The number of aromatic nitrogens is 2. The van der Waals surface area contributed by atoms with Gasteiger partial charge in [-0.3, -0.25) is 4.79 Å². The number of fused-ring (bicyclic) bond motifs is 1. The first-order valence-corrected chi connectivity index (χ1v) is 10.6. The Balaban J connectivity index is 1.58. The number of carbonyl (C=O) groups excluding carboxylic acids is 1. The van der Waals surface area contributed by atoms with Crippen LogP contribution >= 0.6 is 0 Å². The predicted molar refractivity (Wildman–Crippen MR) is 115 cm³/mol. The molecule has 4 rings (SSSR count). The summed E-state index contributed by atoms with van der Waals surface area (Å²) in [5, 5.41) is 0. The van der Waals surface area contributed by atoms with Crippen molar-refractivity contribution in [3.63, 3.8) is 0 Å². The number of hydrogen-bond donors (Lipinski definition) is 0. The molecule has 1 aliphatic heterocycles. The van der Waals surface area contributed by atoms with Crippen LogP contribution in [0.1, 0.15) is 23.3 Å². The van der Waals surface area contributed by atoms with Gasteiger partial charge in [-0.25, -0.2) is 4.98 Å². The van der Waals surface area contributed by atoms with Crippen LogP contribution in [0, 0.1) is 0 Å². The topological polar surface area (TPSA) is 50.1 Å². The molecule has 6 nitrogen and oxygen atoms in total. The molecule has 0 saturated carbocycles. The summed E-state index contributed by atoms with van der Waals surface area (Å²) in [6.07, 6.45) is 1.35. The lowest BCUT2D eigenvalue weighted by molar-refractivity contribution is -0.153. The number of pyridine rings is 1. The molecule has 0 radical (unpaired) electrons. The predicted octanol–water partition coefficient (Wildman–Crippen LogP) is 4.11. The second kappa shape index (κ2) is 9.20. The molecule has 1 fully saturated rings. The number of likely N-dealkylation sites (N-methyl/N-ethyl adjacent to an activating group) is 1. The quantitative estimate of drug-likeness (QED) is 0.548. The van der Waals surface area contributed by atoms with Crippen LogP contribution in [0.2, 0.25) is 0 Å². The van der Waals surface area contributed by atoms with Crippen molar-refractivity contribution >= 4 is 11.6 Å². The first-order valence-electron chi connectivity index (χ1n) is 10.6. The Morgan fingerprint density at radius 1 is 1.12 bits per heavy atom. The number of benzene rings is 1. The van der Waals surface area contributed by atoms with E-state index in [0.717, 1.165) is 19.6 Å². The number of para-hydroxylation sites is 1. The summed E-state index contributed by atoms with van der Waals surface area (Å²) in [6, 6.07) is 10.0. The molecule has 1 aliphatic rings. The number of alkyl halides is 3. The fraction of sp³-hybridized carbons (Fsp3) is 0.391. The third-order valence-corrected chi connectivity index (χ3v) is 5.57. The minimum atomic E-state index is -4.44. The lowest BCUT2D eigenvalue weighted by Crippen LogP contribution is -2.35. The molecule has 1 saturated heterocycles. The molecule has 0 aliphatic carbocycles. The van der Waals surface area contributed by atoms with E-state index in [0.29, 0.717) is 23.3 Å². The van der Waals surface area contributed by atoms with Crippen molar-refractivity contribution < 1.29 is 22.7 Å². The number of amides is 1. The van der Waals surface area contributed by atoms with Crippen LogP contribution in [-0.4, -0.2) is 71.1 Å². The summed E-state index contributed by atoms with van der Waals surface area (Å²) in [7, 11) is 1.75. The van der Waals surface area contributed by atoms with Gasteiger partial charge in [0.15, 0.2) is 6.61 Å². The first kappa shape index (κ1) is 22.1. The number of likely N-dealkylation sites (tertiary alicyclic amines) is 1. The van der Waals surface area contributed by atoms with Crippen molar-refractivity contribution in [2.45, 2.75) is 19.0 Å². The highest BCUT2D eigenvalue weighted by Crippen LogP contribution is 2.33. The minimum absolute atomic E-state index is 0.108.